The maximum Gasteiger partial charge on any atom is 0.276 e. The molecule has 0 radical (unpaired) electrons. The first kappa shape index (κ1) is 21.4. The standard InChI is InChI=1S/C25H27N5O2/c1-17-8-9-24(18(2)12-17)32-16-29-11-10-23(28-29)25(31)26-22-7-5-6-21(14-22)15-30-20(4)13-19(3)27-30/h5-14H,15-16H2,1-4H3,(H,26,31). The maximum absolute atomic E-state index is 12.7. The first-order valence-corrected chi connectivity index (χ1v) is 10.5. The number of hydrogen-bond acceptors (Lipinski definition) is 4. The fraction of sp³-hybridized carbons (Fsp3) is 0.240. The molecule has 4 aromatic rings. The van der Waals surface area contributed by atoms with E-state index in [1.165, 1.54) is 5.56 Å². The lowest BCUT2D eigenvalue weighted by molar-refractivity contribution is 0.102. The van der Waals surface area contributed by atoms with Crippen molar-refractivity contribution in [3.05, 3.63) is 94.6 Å². The van der Waals surface area contributed by atoms with Gasteiger partial charge in [0.15, 0.2) is 12.4 Å². The number of nitrogens with one attached hydrogen (secondary N) is 1. The number of carbonyl (C=O) groups excluding carboxylic acids is 1. The number of ether oxygens (including phenoxy) is 1. The van der Waals surface area contributed by atoms with E-state index in [1.54, 1.807) is 16.9 Å². The summed E-state index contributed by atoms with van der Waals surface area (Å²) in [7, 11) is 0. The van der Waals surface area contributed by atoms with Crippen LogP contribution in [0.5, 0.6) is 5.75 Å². The van der Waals surface area contributed by atoms with Crippen LogP contribution in [0, 0.1) is 27.7 Å². The molecule has 32 heavy (non-hydrogen) atoms. The third kappa shape index (κ3) is 5.06. The topological polar surface area (TPSA) is 74.0 Å². The number of aromatic nitrogens is 4. The molecule has 0 saturated heterocycles. The van der Waals surface area contributed by atoms with Gasteiger partial charge in [-0.25, -0.2) is 4.68 Å². The Hall–Kier alpha value is -3.87. The van der Waals surface area contributed by atoms with Crippen LogP contribution in [0.25, 0.3) is 0 Å². The van der Waals surface area contributed by atoms with Gasteiger partial charge in [-0.15, -0.1) is 0 Å². The number of hydrogen-bond donors (Lipinski definition) is 1. The number of rotatable bonds is 7. The zero-order valence-electron chi connectivity index (χ0n) is 18.8. The lowest BCUT2D eigenvalue weighted by Crippen LogP contribution is -2.14. The minimum Gasteiger partial charge on any atom is -0.471 e. The largest absolute Gasteiger partial charge is 0.471 e. The molecule has 2 aromatic carbocycles. The molecule has 2 aromatic heterocycles. The number of carbonyl (C=O) groups is 1. The van der Waals surface area contributed by atoms with E-state index in [0.29, 0.717) is 12.2 Å². The zero-order chi connectivity index (χ0) is 22.7. The van der Waals surface area contributed by atoms with Crippen molar-refractivity contribution in [2.75, 3.05) is 5.32 Å². The molecule has 164 valence electrons. The summed E-state index contributed by atoms with van der Waals surface area (Å²) < 4.78 is 9.39. The summed E-state index contributed by atoms with van der Waals surface area (Å²) >= 11 is 0. The second kappa shape index (κ2) is 9.09. The van der Waals surface area contributed by atoms with Crippen molar-refractivity contribution in [2.24, 2.45) is 0 Å². The van der Waals surface area contributed by atoms with Crippen LogP contribution in [0.1, 0.15) is 38.6 Å². The van der Waals surface area contributed by atoms with Crippen molar-refractivity contribution < 1.29 is 9.53 Å². The number of amides is 1. The molecule has 4 rings (SSSR count). The highest BCUT2D eigenvalue weighted by atomic mass is 16.5. The molecule has 0 spiro atoms. The van der Waals surface area contributed by atoms with Gasteiger partial charge in [-0.1, -0.05) is 29.8 Å². The van der Waals surface area contributed by atoms with Gasteiger partial charge in [0.05, 0.1) is 12.2 Å². The molecule has 0 aliphatic rings. The number of nitrogens with zero attached hydrogens (tertiary/aromatic N) is 4. The van der Waals surface area contributed by atoms with Gasteiger partial charge in [0.2, 0.25) is 0 Å². The number of benzene rings is 2. The molecule has 1 amide bonds. The molecule has 7 nitrogen and oxygen atoms in total. The molecular weight excluding hydrogens is 402 g/mol. The first-order chi connectivity index (χ1) is 15.4. The summed E-state index contributed by atoms with van der Waals surface area (Å²) in [6, 6.07) is 17.5. The number of anilines is 1. The van der Waals surface area contributed by atoms with Crippen molar-refractivity contribution in [2.45, 2.75) is 41.0 Å². The van der Waals surface area contributed by atoms with Crippen molar-refractivity contribution in [3.63, 3.8) is 0 Å². The quantitative estimate of drug-likeness (QED) is 0.464. The van der Waals surface area contributed by atoms with Crippen LogP contribution in [0.4, 0.5) is 5.69 Å². The summed E-state index contributed by atoms with van der Waals surface area (Å²) in [5, 5.41) is 11.8. The average molecular weight is 430 g/mol. The lowest BCUT2D eigenvalue weighted by Gasteiger charge is -2.10. The van der Waals surface area contributed by atoms with Gasteiger partial charge >= 0.3 is 0 Å². The summed E-state index contributed by atoms with van der Waals surface area (Å²) in [5.74, 6) is 0.537. The Bertz CT molecular complexity index is 1250. The molecule has 0 aliphatic carbocycles. The molecule has 0 bridgehead atoms. The Balaban J connectivity index is 1.38. The molecule has 7 heteroatoms. The first-order valence-electron chi connectivity index (χ1n) is 10.5. The second-order valence-corrected chi connectivity index (χ2v) is 8.02. The zero-order valence-corrected chi connectivity index (χ0v) is 18.8. The van der Waals surface area contributed by atoms with E-state index in [4.69, 9.17) is 4.74 Å². The van der Waals surface area contributed by atoms with Gasteiger partial charge in [0.1, 0.15) is 5.75 Å². The third-order valence-corrected chi connectivity index (χ3v) is 5.18. The van der Waals surface area contributed by atoms with Crippen molar-refractivity contribution in [1.82, 2.24) is 19.6 Å². The van der Waals surface area contributed by atoms with Gasteiger partial charge in [0, 0.05) is 17.6 Å². The Morgan fingerprint density at radius 3 is 2.59 bits per heavy atom. The summed E-state index contributed by atoms with van der Waals surface area (Å²) in [4.78, 5) is 12.7. The van der Waals surface area contributed by atoms with Crippen LogP contribution in [0.15, 0.2) is 60.8 Å². The highest BCUT2D eigenvalue weighted by Gasteiger charge is 2.11. The normalized spacial score (nSPS) is 10.9. The predicted molar refractivity (Wildman–Crippen MR) is 124 cm³/mol. The Morgan fingerprint density at radius 1 is 1.00 bits per heavy atom. The minimum atomic E-state index is -0.265. The van der Waals surface area contributed by atoms with E-state index in [2.05, 4.69) is 21.6 Å². The fourth-order valence-corrected chi connectivity index (χ4v) is 3.60. The van der Waals surface area contributed by atoms with Crippen molar-refractivity contribution in [3.8, 4) is 5.75 Å². The van der Waals surface area contributed by atoms with Gasteiger partial charge < -0.3 is 10.1 Å². The van der Waals surface area contributed by atoms with Gasteiger partial charge in [0.25, 0.3) is 5.91 Å². The van der Waals surface area contributed by atoms with Crippen molar-refractivity contribution in [1.29, 1.82) is 0 Å². The SMILES string of the molecule is Cc1ccc(OCn2ccc(C(=O)Nc3cccc(Cn4nc(C)cc4C)c3)n2)c(C)c1. The van der Waals surface area contributed by atoms with Crippen molar-refractivity contribution >= 4 is 11.6 Å². The third-order valence-electron chi connectivity index (χ3n) is 5.18. The van der Waals surface area contributed by atoms with E-state index in [9.17, 15) is 4.79 Å². The minimum absolute atomic E-state index is 0.231. The summed E-state index contributed by atoms with van der Waals surface area (Å²) in [6.07, 6.45) is 1.73. The van der Waals surface area contributed by atoms with Crippen LogP contribution >= 0.6 is 0 Å². The lowest BCUT2D eigenvalue weighted by atomic mass is 10.1. The summed E-state index contributed by atoms with van der Waals surface area (Å²) in [6.45, 7) is 8.94. The Morgan fingerprint density at radius 2 is 1.84 bits per heavy atom. The van der Waals surface area contributed by atoms with Crippen LogP contribution in [-0.4, -0.2) is 25.5 Å². The van der Waals surface area contributed by atoms with E-state index in [1.807, 2.05) is 74.8 Å². The molecule has 0 aliphatic heterocycles. The van der Waals surface area contributed by atoms with Gasteiger partial charge in [-0.05, 0) is 69.2 Å². The molecule has 0 atom stereocenters. The van der Waals surface area contributed by atoms with Gasteiger partial charge in [-0.2, -0.15) is 10.2 Å². The fourth-order valence-electron chi connectivity index (χ4n) is 3.60. The smallest absolute Gasteiger partial charge is 0.276 e. The highest BCUT2D eigenvalue weighted by Crippen LogP contribution is 2.19. The number of aryl methyl sites for hydroxylation is 4. The van der Waals surface area contributed by atoms with Crippen LogP contribution in [0.2, 0.25) is 0 Å². The van der Waals surface area contributed by atoms with Gasteiger partial charge in [-0.3, -0.25) is 9.48 Å². The molecule has 0 unspecified atom stereocenters. The Kier molecular flexibility index (Phi) is 6.07. The molecule has 0 saturated carbocycles. The van der Waals surface area contributed by atoms with E-state index in [-0.39, 0.29) is 12.6 Å². The van der Waals surface area contributed by atoms with Crippen LogP contribution in [-0.2, 0) is 13.3 Å². The molecule has 1 N–H and O–H groups in total. The second-order valence-electron chi connectivity index (χ2n) is 8.02. The van der Waals surface area contributed by atoms with E-state index < -0.39 is 0 Å². The monoisotopic (exact) mass is 429 g/mol. The summed E-state index contributed by atoms with van der Waals surface area (Å²) in [5.41, 5.74) is 6.45. The van der Waals surface area contributed by atoms with Crippen LogP contribution in [0.3, 0.4) is 0 Å². The molecular formula is C25H27N5O2. The highest BCUT2D eigenvalue weighted by molar-refractivity contribution is 6.02. The molecule has 0 fully saturated rings. The average Bonchev–Trinajstić information content (AvgIpc) is 3.34. The van der Waals surface area contributed by atoms with E-state index in [0.717, 1.165) is 34.0 Å². The van der Waals surface area contributed by atoms with Crippen LogP contribution < -0.4 is 10.1 Å². The molecule has 2 heterocycles. The maximum atomic E-state index is 12.7. The van der Waals surface area contributed by atoms with E-state index >= 15 is 0 Å². The Labute approximate surface area is 187 Å². The predicted octanol–water partition coefficient (Wildman–Crippen LogP) is 4.65.